The molecule has 1 aliphatic heterocycles. The van der Waals surface area contributed by atoms with Crippen LogP contribution < -0.4 is 4.74 Å². The molecule has 4 nitrogen and oxygen atoms in total. The predicted molar refractivity (Wildman–Crippen MR) is 92.9 cm³/mol. The molecule has 1 unspecified atom stereocenters. The first-order valence-corrected chi connectivity index (χ1v) is 8.39. The number of hydrogen-bond donors (Lipinski definition) is 1. The summed E-state index contributed by atoms with van der Waals surface area (Å²) in [5.41, 5.74) is 3.44. The number of nitrogens with zero attached hydrogens (tertiary/aromatic N) is 1. The lowest BCUT2D eigenvalue weighted by molar-refractivity contribution is -0.137. The van der Waals surface area contributed by atoms with Crippen LogP contribution in [-0.2, 0) is 24.2 Å². The highest BCUT2D eigenvalue weighted by molar-refractivity contribution is 5.81. The van der Waals surface area contributed by atoms with Crippen molar-refractivity contribution in [3.8, 4) is 5.75 Å². The van der Waals surface area contributed by atoms with Gasteiger partial charge in [0.2, 0.25) is 0 Å². The van der Waals surface area contributed by atoms with Gasteiger partial charge < -0.3 is 14.7 Å². The summed E-state index contributed by atoms with van der Waals surface area (Å²) in [7, 11) is 0. The van der Waals surface area contributed by atoms with Crippen LogP contribution in [0.3, 0.4) is 0 Å². The van der Waals surface area contributed by atoms with E-state index in [2.05, 4.69) is 24.3 Å². The average molecular weight is 325 g/mol. The topological polar surface area (TPSA) is 49.8 Å². The molecule has 1 atom stereocenters. The van der Waals surface area contributed by atoms with Gasteiger partial charge in [0.15, 0.2) is 6.10 Å². The fraction of sp³-hybridized carbons (Fsp3) is 0.350. The van der Waals surface area contributed by atoms with Gasteiger partial charge in [-0.2, -0.15) is 0 Å². The van der Waals surface area contributed by atoms with Gasteiger partial charge in [0, 0.05) is 13.1 Å². The van der Waals surface area contributed by atoms with Gasteiger partial charge in [-0.3, -0.25) is 4.79 Å². The van der Waals surface area contributed by atoms with Crippen molar-refractivity contribution in [3.63, 3.8) is 0 Å². The van der Waals surface area contributed by atoms with Crippen LogP contribution in [-0.4, -0.2) is 35.1 Å². The van der Waals surface area contributed by atoms with Crippen molar-refractivity contribution in [3.05, 3.63) is 65.2 Å². The van der Waals surface area contributed by atoms with Crippen LogP contribution in [0.1, 0.15) is 23.6 Å². The Bertz CT molecular complexity index is 687. The van der Waals surface area contributed by atoms with Gasteiger partial charge in [-0.25, -0.2) is 0 Å². The van der Waals surface area contributed by atoms with Crippen molar-refractivity contribution in [2.75, 3.05) is 13.1 Å². The zero-order valence-corrected chi connectivity index (χ0v) is 13.9. The second-order valence-electron chi connectivity index (χ2n) is 6.16. The van der Waals surface area contributed by atoms with Crippen LogP contribution in [0.4, 0.5) is 0 Å². The molecule has 1 heterocycles. The standard InChI is InChI=1S/C20H23NO3/c1-15(24-19-8-4-5-16(13-19)14-22)20(23)21-11-9-17-6-2-3-7-18(17)10-12-21/h2-8,13,15,22H,9-12,14H2,1H3. The zero-order chi connectivity index (χ0) is 16.9. The van der Waals surface area contributed by atoms with Crippen molar-refractivity contribution in [1.82, 2.24) is 4.90 Å². The number of carbonyl (C=O) groups excluding carboxylic acids is 1. The minimum atomic E-state index is -0.542. The summed E-state index contributed by atoms with van der Waals surface area (Å²) < 4.78 is 5.79. The molecule has 126 valence electrons. The van der Waals surface area contributed by atoms with Crippen molar-refractivity contribution in [1.29, 1.82) is 0 Å². The van der Waals surface area contributed by atoms with Gasteiger partial charge in [0.25, 0.3) is 5.91 Å². The number of fused-ring (bicyclic) bond motifs is 1. The van der Waals surface area contributed by atoms with E-state index >= 15 is 0 Å². The summed E-state index contributed by atoms with van der Waals surface area (Å²) in [5.74, 6) is 0.623. The van der Waals surface area contributed by atoms with E-state index in [9.17, 15) is 9.90 Å². The number of amides is 1. The summed E-state index contributed by atoms with van der Waals surface area (Å²) in [4.78, 5) is 14.6. The highest BCUT2D eigenvalue weighted by Crippen LogP contribution is 2.18. The Morgan fingerprint density at radius 1 is 1.12 bits per heavy atom. The average Bonchev–Trinajstić information content (AvgIpc) is 2.84. The second-order valence-corrected chi connectivity index (χ2v) is 6.16. The van der Waals surface area contributed by atoms with Crippen LogP contribution in [0.5, 0.6) is 5.75 Å². The molecular formula is C20H23NO3. The number of hydrogen-bond acceptors (Lipinski definition) is 3. The van der Waals surface area contributed by atoms with E-state index in [4.69, 9.17) is 4.74 Å². The van der Waals surface area contributed by atoms with E-state index in [1.807, 2.05) is 17.0 Å². The maximum absolute atomic E-state index is 12.7. The molecule has 0 bridgehead atoms. The minimum Gasteiger partial charge on any atom is -0.481 e. The van der Waals surface area contributed by atoms with Crippen LogP contribution in [0.2, 0.25) is 0 Å². The van der Waals surface area contributed by atoms with E-state index in [1.54, 1.807) is 19.1 Å². The molecule has 0 saturated carbocycles. The fourth-order valence-electron chi connectivity index (χ4n) is 3.12. The van der Waals surface area contributed by atoms with Gasteiger partial charge in [0.1, 0.15) is 5.75 Å². The Labute approximate surface area is 142 Å². The van der Waals surface area contributed by atoms with Crippen molar-refractivity contribution < 1.29 is 14.6 Å². The third-order valence-corrected chi connectivity index (χ3v) is 4.47. The molecule has 0 radical (unpaired) electrons. The molecule has 0 saturated heterocycles. The molecule has 3 rings (SSSR count). The largest absolute Gasteiger partial charge is 0.481 e. The third kappa shape index (κ3) is 3.77. The van der Waals surface area contributed by atoms with Gasteiger partial charge >= 0.3 is 0 Å². The molecule has 0 aliphatic carbocycles. The zero-order valence-electron chi connectivity index (χ0n) is 13.9. The SMILES string of the molecule is CC(Oc1cccc(CO)c1)C(=O)N1CCc2ccccc2CC1. The minimum absolute atomic E-state index is 0.0113. The number of aliphatic hydroxyl groups is 1. The number of benzene rings is 2. The van der Waals surface area contributed by atoms with Crippen LogP contribution in [0.25, 0.3) is 0 Å². The lowest BCUT2D eigenvalue weighted by Gasteiger charge is -2.24. The fourth-order valence-corrected chi connectivity index (χ4v) is 3.12. The van der Waals surface area contributed by atoms with E-state index in [-0.39, 0.29) is 12.5 Å². The van der Waals surface area contributed by atoms with Crippen molar-refractivity contribution in [2.45, 2.75) is 32.5 Å². The molecule has 1 aliphatic rings. The number of rotatable bonds is 4. The van der Waals surface area contributed by atoms with Gasteiger partial charge in [-0.1, -0.05) is 36.4 Å². The van der Waals surface area contributed by atoms with E-state index in [0.29, 0.717) is 5.75 Å². The molecular weight excluding hydrogens is 302 g/mol. The Balaban J connectivity index is 1.63. The van der Waals surface area contributed by atoms with Crippen LogP contribution in [0.15, 0.2) is 48.5 Å². The van der Waals surface area contributed by atoms with E-state index < -0.39 is 6.10 Å². The van der Waals surface area contributed by atoms with Crippen LogP contribution >= 0.6 is 0 Å². The first-order chi connectivity index (χ1) is 11.7. The molecule has 2 aromatic carbocycles. The number of ether oxygens (including phenoxy) is 1. The number of carbonyl (C=O) groups is 1. The van der Waals surface area contributed by atoms with Gasteiger partial charge in [0.05, 0.1) is 6.61 Å². The summed E-state index contributed by atoms with van der Waals surface area (Å²) in [5, 5.41) is 9.20. The summed E-state index contributed by atoms with van der Waals surface area (Å²) >= 11 is 0. The smallest absolute Gasteiger partial charge is 0.263 e. The van der Waals surface area contributed by atoms with Crippen molar-refractivity contribution >= 4 is 5.91 Å². The second kappa shape index (κ2) is 7.49. The molecule has 1 amide bonds. The quantitative estimate of drug-likeness (QED) is 0.940. The van der Waals surface area contributed by atoms with Gasteiger partial charge in [-0.05, 0) is 48.6 Å². The van der Waals surface area contributed by atoms with E-state index in [1.165, 1.54) is 11.1 Å². The summed E-state index contributed by atoms with van der Waals surface area (Å²) in [6.07, 6.45) is 1.23. The molecule has 24 heavy (non-hydrogen) atoms. The molecule has 0 fully saturated rings. The van der Waals surface area contributed by atoms with Crippen molar-refractivity contribution in [2.24, 2.45) is 0 Å². The Kier molecular flexibility index (Phi) is 5.16. The molecule has 4 heteroatoms. The maximum atomic E-state index is 12.7. The first-order valence-electron chi connectivity index (χ1n) is 8.39. The molecule has 1 N–H and O–H groups in total. The molecule has 0 aromatic heterocycles. The Morgan fingerprint density at radius 2 is 1.79 bits per heavy atom. The summed E-state index contributed by atoms with van der Waals surface area (Å²) in [6, 6.07) is 15.6. The van der Waals surface area contributed by atoms with Gasteiger partial charge in [-0.15, -0.1) is 0 Å². The molecule has 0 spiro atoms. The lowest BCUT2D eigenvalue weighted by Crippen LogP contribution is -2.41. The third-order valence-electron chi connectivity index (χ3n) is 4.47. The lowest BCUT2D eigenvalue weighted by atomic mass is 10.0. The normalized spacial score (nSPS) is 15.3. The predicted octanol–water partition coefficient (Wildman–Crippen LogP) is 2.57. The number of aliphatic hydroxyl groups excluding tert-OH is 1. The highest BCUT2D eigenvalue weighted by Gasteiger charge is 2.24. The highest BCUT2D eigenvalue weighted by atomic mass is 16.5. The first kappa shape index (κ1) is 16.5. The Hall–Kier alpha value is -2.33. The molecule has 2 aromatic rings. The Morgan fingerprint density at radius 3 is 2.42 bits per heavy atom. The summed E-state index contributed by atoms with van der Waals surface area (Å²) in [6.45, 7) is 3.19. The maximum Gasteiger partial charge on any atom is 0.263 e. The van der Waals surface area contributed by atoms with E-state index in [0.717, 1.165) is 31.5 Å². The van der Waals surface area contributed by atoms with Crippen LogP contribution in [0, 0.1) is 0 Å². The monoisotopic (exact) mass is 325 g/mol.